The number of benzene rings is 2. The van der Waals surface area contributed by atoms with Crippen LogP contribution in [0.2, 0.25) is 0 Å². The molecule has 1 amide bonds. The van der Waals surface area contributed by atoms with Crippen molar-refractivity contribution in [1.29, 1.82) is 0 Å². The first kappa shape index (κ1) is 18.7. The van der Waals surface area contributed by atoms with Crippen LogP contribution in [-0.4, -0.2) is 22.5 Å². The number of nitrogens with zero attached hydrogens (tertiary/aromatic N) is 2. The summed E-state index contributed by atoms with van der Waals surface area (Å²) in [6, 6.07) is 14.2. The minimum absolute atomic E-state index is 0.114. The molecule has 1 aromatic heterocycles. The highest BCUT2D eigenvalue weighted by molar-refractivity contribution is 9.10. The zero-order valence-electron chi connectivity index (χ0n) is 14.6. The Hall–Kier alpha value is -3.13. The first-order valence-corrected chi connectivity index (χ1v) is 8.99. The van der Waals surface area contributed by atoms with Gasteiger partial charge in [-0.3, -0.25) is 4.79 Å². The molecule has 0 aliphatic carbocycles. The van der Waals surface area contributed by atoms with Gasteiger partial charge in [-0.15, -0.1) is 0 Å². The number of nitrogen functional groups attached to an aromatic ring is 1. The smallest absolute Gasteiger partial charge is 0.248 e. The van der Waals surface area contributed by atoms with E-state index in [2.05, 4.69) is 31.2 Å². The SMILES string of the molecule is CCOc1ccc(Br)cc1-c1cc(Nc2cccc(C(N)=O)c2)nc(N)n1. The molecule has 0 saturated carbocycles. The van der Waals surface area contributed by atoms with E-state index in [-0.39, 0.29) is 5.95 Å². The molecule has 5 N–H and O–H groups in total. The summed E-state index contributed by atoms with van der Waals surface area (Å²) in [7, 11) is 0. The number of nitrogens with one attached hydrogen (secondary N) is 1. The number of rotatable bonds is 6. The van der Waals surface area contributed by atoms with Gasteiger partial charge in [-0.25, -0.2) is 4.98 Å². The fraction of sp³-hybridized carbons (Fsp3) is 0.105. The maximum atomic E-state index is 11.4. The number of nitrogens with two attached hydrogens (primary N) is 2. The summed E-state index contributed by atoms with van der Waals surface area (Å²) >= 11 is 3.47. The summed E-state index contributed by atoms with van der Waals surface area (Å²) in [5.41, 5.74) is 13.7. The Kier molecular flexibility index (Phi) is 5.56. The second kappa shape index (κ2) is 8.05. The molecule has 0 aliphatic heterocycles. The molecule has 27 heavy (non-hydrogen) atoms. The molecule has 3 rings (SSSR count). The van der Waals surface area contributed by atoms with Crippen molar-refractivity contribution in [2.24, 2.45) is 5.73 Å². The van der Waals surface area contributed by atoms with Gasteiger partial charge < -0.3 is 21.5 Å². The average Bonchev–Trinajstić information content (AvgIpc) is 2.63. The van der Waals surface area contributed by atoms with Crippen LogP contribution in [0.1, 0.15) is 17.3 Å². The number of amides is 1. The first-order valence-electron chi connectivity index (χ1n) is 8.20. The van der Waals surface area contributed by atoms with Gasteiger partial charge in [-0.1, -0.05) is 22.0 Å². The van der Waals surface area contributed by atoms with Gasteiger partial charge in [0.1, 0.15) is 11.6 Å². The molecule has 0 radical (unpaired) electrons. The van der Waals surface area contributed by atoms with Crippen LogP contribution in [0.5, 0.6) is 5.75 Å². The van der Waals surface area contributed by atoms with Crippen LogP contribution in [-0.2, 0) is 0 Å². The number of halogens is 1. The van der Waals surface area contributed by atoms with Gasteiger partial charge >= 0.3 is 0 Å². The lowest BCUT2D eigenvalue weighted by Gasteiger charge is -2.13. The quantitative estimate of drug-likeness (QED) is 0.551. The number of hydrogen-bond acceptors (Lipinski definition) is 6. The highest BCUT2D eigenvalue weighted by atomic mass is 79.9. The monoisotopic (exact) mass is 427 g/mol. The summed E-state index contributed by atoms with van der Waals surface area (Å²) in [5, 5.41) is 3.12. The Balaban J connectivity index is 1.99. The maximum Gasteiger partial charge on any atom is 0.248 e. The van der Waals surface area contributed by atoms with E-state index < -0.39 is 5.91 Å². The molecule has 0 spiro atoms. The number of hydrogen-bond donors (Lipinski definition) is 3. The van der Waals surface area contributed by atoms with Crippen LogP contribution >= 0.6 is 15.9 Å². The number of anilines is 3. The Morgan fingerprint density at radius 3 is 2.74 bits per heavy atom. The van der Waals surface area contributed by atoms with Crippen LogP contribution in [0, 0.1) is 0 Å². The summed E-state index contributed by atoms with van der Waals surface area (Å²) in [5.74, 6) is 0.794. The number of aromatic nitrogens is 2. The van der Waals surface area contributed by atoms with Crippen LogP contribution in [0.25, 0.3) is 11.3 Å². The van der Waals surface area contributed by atoms with E-state index in [4.69, 9.17) is 16.2 Å². The molecule has 0 atom stereocenters. The molecular formula is C19H18BrN5O2. The number of carbonyl (C=O) groups excluding carboxylic acids is 1. The van der Waals surface area contributed by atoms with E-state index in [1.165, 1.54) is 0 Å². The second-order valence-electron chi connectivity index (χ2n) is 5.64. The molecule has 0 fully saturated rings. The molecule has 8 heteroatoms. The van der Waals surface area contributed by atoms with Crippen LogP contribution in [0.4, 0.5) is 17.5 Å². The van der Waals surface area contributed by atoms with Crippen molar-refractivity contribution in [3.05, 3.63) is 58.6 Å². The van der Waals surface area contributed by atoms with Crippen LogP contribution < -0.4 is 21.5 Å². The molecule has 1 heterocycles. The Morgan fingerprint density at radius 1 is 1.19 bits per heavy atom. The average molecular weight is 428 g/mol. The third-order valence-corrected chi connectivity index (χ3v) is 4.17. The Labute approximate surface area is 164 Å². The predicted octanol–water partition coefficient (Wildman–Crippen LogP) is 3.73. The fourth-order valence-electron chi connectivity index (χ4n) is 2.55. The van der Waals surface area contributed by atoms with E-state index in [0.717, 1.165) is 10.0 Å². The van der Waals surface area contributed by atoms with Gasteiger partial charge in [-0.2, -0.15) is 4.98 Å². The van der Waals surface area contributed by atoms with Crippen molar-refractivity contribution in [2.45, 2.75) is 6.92 Å². The summed E-state index contributed by atoms with van der Waals surface area (Å²) in [4.78, 5) is 19.9. The zero-order chi connectivity index (χ0) is 19.4. The summed E-state index contributed by atoms with van der Waals surface area (Å²) < 4.78 is 6.58. The number of ether oxygens (including phenoxy) is 1. The third kappa shape index (κ3) is 4.53. The second-order valence-corrected chi connectivity index (χ2v) is 6.56. The highest BCUT2D eigenvalue weighted by Crippen LogP contribution is 2.33. The molecule has 2 aromatic carbocycles. The lowest BCUT2D eigenvalue weighted by atomic mass is 10.1. The van der Waals surface area contributed by atoms with E-state index in [1.54, 1.807) is 30.3 Å². The molecular weight excluding hydrogens is 410 g/mol. The van der Waals surface area contributed by atoms with Crippen molar-refractivity contribution in [2.75, 3.05) is 17.7 Å². The van der Waals surface area contributed by atoms with E-state index >= 15 is 0 Å². The van der Waals surface area contributed by atoms with Crippen molar-refractivity contribution in [1.82, 2.24) is 9.97 Å². The van der Waals surface area contributed by atoms with Gasteiger partial charge in [0.25, 0.3) is 0 Å². The fourth-order valence-corrected chi connectivity index (χ4v) is 2.91. The van der Waals surface area contributed by atoms with Crippen LogP contribution in [0.15, 0.2) is 53.0 Å². The third-order valence-electron chi connectivity index (χ3n) is 3.68. The lowest BCUT2D eigenvalue weighted by molar-refractivity contribution is 0.100. The molecule has 3 aromatic rings. The molecule has 0 unspecified atom stereocenters. The molecule has 0 aliphatic rings. The standard InChI is InChI=1S/C19H18BrN5O2/c1-2-27-16-7-6-12(20)9-14(16)15-10-17(25-19(22)24-15)23-13-5-3-4-11(8-13)18(21)26/h3-10H,2H2,1H3,(H2,21,26)(H3,22,23,24,25). The summed E-state index contributed by atoms with van der Waals surface area (Å²) in [6.45, 7) is 2.44. The molecule has 7 nitrogen and oxygen atoms in total. The lowest BCUT2D eigenvalue weighted by Crippen LogP contribution is -2.11. The Morgan fingerprint density at radius 2 is 2.00 bits per heavy atom. The molecule has 0 saturated heterocycles. The minimum Gasteiger partial charge on any atom is -0.493 e. The summed E-state index contributed by atoms with van der Waals surface area (Å²) in [6.07, 6.45) is 0. The first-order chi connectivity index (χ1) is 13.0. The van der Waals surface area contributed by atoms with E-state index in [1.807, 2.05) is 25.1 Å². The van der Waals surface area contributed by atoms with Crippen LogP contribution in [0.3, 0.4) is 0 Å². The number of primary amides is 1. The Bertz CT molecular complexity index is 994. The van der Waals surface area contributed by atoms with E-state index in [9.17, 15) is 4.79 Å². The van der Waals surface area contributed by atoms with Crippen molar-refractivity contribution in [3.8, 4) is 17.0 Å². The minimum atomic E-state index is -0.503. The van der Waals surface area contributed by atoms with Gasteiger partial charge in [0, 0.05) is 27.4 Å². The van der Waals surface area contributed by atoms with E-state index in [0.29, 0.717) is 35.1 Å². The number of carbonyl (C=O) groups is 1. The largest absolute Gasteiger partial charge is 0.493 e. The van der Waals surface area contributed by atoms with Crippen molar-refractivity contribution in [3.63, 3.8) is 0 Å². The van der Waals surface area contributed by atoms with Gasteiger partial charge in [0.15, 0.2) is 0 Å². The zero-order valence-corrected chi connectivity index (χ0v) is 16.2. The predicted molar refractivity (Wildman–Crippen MR) is 109 cm³/mol. The van der Waals surface area contributed by atoms with Gasteiger partial charge in [0.05, 0.1) is 12.3 Å². The van der Waals surface area contributed by atoms with Crippen molar-refractivity contribution < 1.29 is 9.53 Å². The molecule has 138 valence electrons. The normalized spacial score (nSPS) is 10.4. The highest BCUT2D eigenvalue weighted by Gasteiger charge is 2.12. The topological polar surface area (TPSA) is 116 Å². The van der Waals surface area contributed by atoms with Gasteiger partial charge in [-0.05, 0) is 43.3 Å². The van der Waals surface area contributed by atoms with Crippen molar-refractivity contribution >= 4 is 39.3 Å². The molecule has 0 bridgehead atoms. The maximum absolute atomic E-state index is 11.4. The van der Waals surface area contributed by atoms with Gasteiger partial charge in [0.2, 0.25) is 11.9 Å².